The number of nitrogens with one attached hydrogen (secondary N) is 2. The van der Waals surface area contributed by atoms with Crippen LogP contribution in [0.1, 0.15) is 22.3 Å². The van der Waals surface area contributed by atoms with Gasteiger partial charge in [0.15, 0.2) is 0 Å². The van der Waals surface area contributed by atoms with Crippen molar-refractivity contribution in [3.8, 4) is 0 Å². The van der Waals surface area contributed by atoms with E-state index in [4.69, 9.17) is 14.7 Å². The lowest BCUT2D eigenvalue weighted by Crippen LogP contribution is -2.37. The first-order chi connectivity index (χ1) is 14.5. The minimum atomic E-state index is 0.520. The quantitative estimate of drug-likeness (QED) is 0.651. The Kier molecular flexibility index (Phi) is 5.81. The van der Waals surface area contributed by atoms with E-state index in [0.29, 0.717) is 31.1 Å². The number of aromatic nitrogens is 3. The molecule has 0 bridgehead atoms. The van der Waals surface area contributed by atoms with Crippen LogP contribution in [-0.2, 0) is 4.74 Å². The van der Waals surface area contributed by atoms with E-state index >= 15 is 0 Å². The first-order valence-corrected chi connectivity index (χ1v) is 10.3. The van der Waals surface area contributed by atoms with Crippen LogP contribution < -0.4 is 15.5 Å². The number of ether oxygens (including phenoxy) is 1. The SMILES string of the molecule is Cc1ccc(Nc2nc(Nc3cc(C)ccc3C)nc(N3CCOCC3)n2)c(C)c1. The predicted molar refractivity (Wildman–Crippen MR) is 121 cm³/mol. The number of nitrogens with zero attached hydrogens (tertiary/aromatic N) is 4. The van der Waals surface area contributed by atoms with Gasteiger partial charge in [-0.05, 0) is 56.5 Å². The first kappa shape index (κ1) is 20.1. The molecule has 0 unspecified atom stereocenters. The molecule has 0 radical (unpaired) electrons. The summed E-state index contributed by atoms with van der Waals surface area (Å²) < 4.78 is 5.48. The maximum Gasteiger partial charge on any atom is 0.233 e. The summed E-state index contributed by atoms with van der Waals surface area (Å²) in [6, 6.07) is 12.6. The number of hydrogen-bond acceptors (Lipinski definition) is 7. The molecule has 156 valence electrons. The maximum absolute atomic E-state index is 5.48. The first-order valence-electron chi connectivity index (χ1n) is 10.3. The predicted octanol–water partition coefficient (Wildman–Crippen LogP) is 4.43. The lowest BCUT2D eigenvalue weighted by atomic mass is 10.1. The smallest absolute Gasteiger partial charge is 0.233 e. The summed E-state index contributed by atoms with van der Waals surface area (Å²) in [7, 11) is 0. The molecule has 3 aromatic rings. The molecule has 4 rings (SSSR count). The second-order valence-electron chi connectivity index (χ2n) is 7.77. The lowest BCUT2D eigenvalue weighted by molar-refractivity contribution is 0.122. The van der Waals surface area contributed by atoms with Crippen molar-refractivity contribution in [2.45, 2.75) is 27.7 Å². The van der Waals surface area contributed by atoms with Crippen LogP contribution in [0.5, 0.6) is 0 Å². The van der Waals surface area contributed by atoms with E-state index in [2.05, 4.69) is 84.6 Å². The standard InChI is InChI=1S/C23H28N6O/c1-15-6-8-19(18(4)13-15)24-21-26-22(25-20-14-16(2)5-7-17(20)3)28-23(27-21)29-9-11-30-12-10-29/h5-8,13-14H,9-12H2,1-4H3,(H2,24,25,26,27,28). The Hall–Kier alpha value is -3.19. The highest BCUT2D eigenvalue weighted by Gasteiger charge is 2.17. The zero-order valence-corrected chi connectivity index (χ0v) is 18.0. The van der Waals surface area contributed by atoms with Gasteiger partial charge in [0.25, 0.3) is 0 Å². The van der Waals surface area contributed by atoms with Gasteiger partial charge in [-0.2, -0.15) is 15.0 Å². The fourth-order valence-corrected chi connectivity index (χ4v) is 3.45. The zero-order valence-electron chi connectivity index (χ0n) is 18.0. The Morgan fingerprint density at radius 1 is 0.733 bits per heavy atom. The Morgan fingerprint density at radius 3 is 2.07 bits per heavy atom. The van der Waals surface area contributed by atoms with Gasteiger partial charge < -0.3 is 20.3 Å². The third kappa shape index (κ3) is 4.68. The third-order valence-corrected chi connectivity index (χ3v) is 5.19. The summed E-state index contributed by atoms with van der Waals surface area (Å²) in [6.07, 6.45) is 0. The monoisotopic (exact) mass is 404 g/mol. The van der Waals surface area contributed by atoms with Crippen LogP contribution in [-0.4, -0.2) is 41.3 Å². The summed E-state index contributed by atoms with van der Waals surface area (Å²) in [5, 5.41) is 6.75. The second kappa shape index (κ2) is 8.67. The molecule has 1 fully saturated rings. The van der Waals surface area contributed by atoms with Crippen LogP contribution in [0.3, 0.4) is 0 Å². The highest BCUT2D eigenvalue weighted by Crippen LogP contribution is 2.25. The van der Waals surface area contributed by atoms with Crippen LogP contribution in [0.25, 0.3) is 0 Å². The molecule has 0 atom stereocenters. The van der Waals surface area contributed by atoms with Gasteiger partial charge in [-0.15, -0.1) is 0 Å². The van der Waals surface area contributed by atoms with Crippen LogP contribution in [0.2, 0.25) is 0 Å². The Labute approximate surface area is 177 Å². The highest BCUT2D eigenvalue weighted by molar-refractivity contribution is 5.64. The summed E-state index contributed by atoms with van der Waals surface area (Å²) in [6.45, 7) is 11.2. The molecular formula is C23H28N6O. The van der Waals surface area contributed by atoms with E-state index < -0.39 is 0 Å². The molecule has 0 saturated carbocycles. The fourth-order valence-electron chi connectivity index (χ4n) is 3.45. The molecule has 7 heteroatoms. The molecule has 30 heavy (non-hydrogen) atoms. The van der Waals surface area contributed by atoms with Crippen molar-refractivity contribution in [2.24, 2.45) is 0 Å². The van der Waals surface area contributed by atoms with E-state index in [1.807, 2.05) is 0 Å². The fraction of sp³-hybridized carbons (Fsp3) is 0.348. The molecular weight excluding hydrogens is 376 g/mol. The molecule has 0 spiro atoms. The molecule has 7 nitrogen and oxygen atoms in total. The largest absolute Gasteiger partial charge is 0.378 e. The zero-order chi connectivity index (χ0) is 21.1. The van der Waals surface area contributed by atoms with Crippen molar-refractivity contribution in [1.29, 1.82) is 0 Å². The maximum atomic E-state index is 5.48. The molecule has 1 aliphatic heterocycles. The number of hydrogen-bond donors (Lipinski definition) is 2. The highest BCUT2D eigenvalue weighted by atomic mass is 16.5. The van der Waals surface area contributed by atoms with E-state index in [0.717, 1.165) is 35.6 Å². The number of benzene rings is 2. The van der Waals surface area contributed by atoms with Crippen LogP contribution in [0, 0.1) is 27.7 Å². The van der Waals surface area contributed by atoms with Crippen molar-refractivity contribution < 1.29 is 4.74 Å². The van der Waals surface area contributed by atoms with Crippen molar-refractivity contribution in [3.63, 3.8) is 0 Å². The lowest BCUT2D eigenvalue weighted by Gasteiger charge is -2.27. The minimum Gasteiger partial charge on any atom is -0.378 e. The van der Waals surface area contributed by atoms with Gasteiger partial charge in [0, 0.05) is 24.5 Å². The topological polar surface area (TPSA) is 75.2 Å². The van der Waals surface area contributed by atoms with Gasteiger partial charge in [-0.3, -0.25) is 0 Å². The average molecular weight is 405 g/mol. The Bertz CT molecular complexity index is 1050. The molecule has 2 N–H and O–H groups in total. The molecule has 2 aromatic carbocycles. The van der Waals surface area contributed by atoms with Crippen LogP contribution in [0.15, 0.2) is 36.4 Å². The van der Waals surface area contributed by atoms with Crippen molar-refractivity contribution in [3.05, 3.63) is 58.7 Å². The number of rotatable bonds is 5. The van der Waals surface area contributed by atoms with E-state index in [1.165, 1.54) is 11.1 Å². The molecule has 0 amide bonds. The summed E-state index contributed by atoms with van der Waals surface area (Å²) in [5.41, 5.74) is 6.66. The van der Waals surface area contributed by atoms with E-state index in [9.17, 15) is 0 Å². The van der Waals surface area contributed by atoms with Crippen LogP contribution in [0.4, 0.5) is 29.2 Å². The molecule has 2 heterocycles. The summed E-state index contributed by atoms with van der Waals surface area (Å²) in [5.74, 6) is 1.69. The third-order valence-electron chi connectivity index (χ3n) is 5.19. The van der Waals surface area contributed by atoms with Gasteiger partial charge in [-0.25, -0.2) is 0 Å². The van der Waals surface area contributed by atoms with Crippen molar-refractivity contribution >= 4 is 29.2 Å². The molecule has 1 aliphatic rings. The number of anilines is 5. The Morgan fingerprint density at radius 2 is 1.37 bits per heavy atom. The average Bonchev–Trinajstić information content (AvgIpc) is 2.73. The van der Waals surface area contributed by atoms with Gasteiger partial charge in [0.2, 0.25) is 17.8 Å². The molecule has 1 aromatic heterocycles. The molecule has 0 aliphatic carbocycles. The minimum absolute atomic E-state index is 0.520. The second-order valence-corrected chi connectivity index (χ2v) is 7.77. The molecule has 1 saturated heterocycles. The van der Waals surface area contributed by atoms with Crippen molar-refractivity contribution in [2.75, 3.05) is 41.8 Å². The van der Waals surface area contributed by atoms with Crippen LogP contribution >= 0.6 is 0 Å². The van der Waals surface area contributed by atoms with Gasteiger partial charge in [0.05, 0.1) is 13.2 Å². The van der Waals surface area contributed by atoms with Gasteiger partial charge >= 0.3 is 0 Å². The normalized spacial score (nSPS) is 13.9. The summed E-state index contributed by atoms with van der Waals surface area (Å²) >= 11 is 0. The van der Waals surface area contributed by atoms with Gasteiger partial charge in [0.1, 0.15) is 0 Å². The van der Waals surface area contributed by atoms with E-state index in [-0.39, 0.29) is 0 Å². The summed E-state index contributed by atoms with van der Waals surface area (Å²) in [4.78, 5) is 16.2. The Balaban J connectivity index is 1.69. The number of morpholine rings is 1. The van der Waals surface area contributed by atoms with Gasteiger partial charge in [-0.1, -0.05) is 29.8 Å². The number of aryl methyl sites for hydroxylation is 4. The van der Waals surface area contributed by atoms with E-state index in [1.54, 1.807) is 0 Å². The van der Waals surface area contributed by atoms with Crippen molar-refractivity contribution in [1.82, 2.24) is 15.0 Å².